The van der Waals surface area contributed by atoms with Crippen molar-refractivity contribution in [1.29, 1.82) is 0 Å². The Hall–Kier alpha value is -0.120. The number of hydrogen-bond acceptors (Lipinski definition) is 3. The average Bonchev–Trinajstić information content (AvgIpc) is 2.58. The summed E-state index contributed by atoms with van der Waals surface area (Å²) in [6.07, 6.45) is 6.94. The van der Waals surface area contributed by atoms with Crippen LogP contribution in [-0.2, 0) is 0 Å². The van der Waals surface area contributed by atoms with Crippen LogP contribution in [0.2, 0.25) is 0 Å². The summed E-state index contributed by atoms with van der Waals surface area (Å²) in [6.45, 7) is 6.41. The Labute approximate surface area is 107 Å². The summed E-state index contributed by atoms with van der Waals surface area (Å²) < 4.78 is 0. The fourth-order valence-corrected chi connectivity index (χ4v) is 3.38. The maximum atomic E-state index is 3.52. The summed E-state index contributed by atoms with van der Waals surface area (Å²) in [5.41, 5.74) is 0. The minimum Gasteiger partial charge on any atom is -0.317 e. The first-order valence-electron chi connectivity index (χ1n) is 7.35. The first kappa shape index (κ1) is 13.3. The molecule has 3 heteroatoms. The Morgan fingerprint density at radius 3 is 2.53 bits per heavy atom. The first-order chi connectivity index (χ1) is 8.25. The largest absolute Gasteiger partial charge is 0.317 e. The Morgan fingerprint density at radius 1 is 1.06 bits per heavy atom. The molecule has 0 aromatic heterocycles. The molecule has 1 atom stereocenters. The van der Waals surface area contributed by atoms with E-state index in [0.717, 1.165) is 12.0 Å². The van der Waals surface area contributed by atoms with E-state index in [1.807, 2.05) is 0 Å². The molecule has 0 aliphatic carbocycles. The minimum atomic E-state index is 0.866. The van der Waals surface area contributed by atoms with Crippen molar-refractivity contribution in [2.24, 2.45) is 5.92 Å². The molecule has 0 amide bonds. The highest BCUT2D eigenvalue weighted by Crippen LogP contribution is 2.23. The van der Waals surface area contributed by atoms with Crippen LogP contribution in [0.25, 0.3) is 0 Å². The van der Waals surface area contributed by atoms with Gasteiger partial charge in [0.2, 0.25) is 0 Å². The molecule has 3 nitrogen and oxygen atoms in total. The Morgan fingerprint density at radius 2 is 1.82 bits per heavy atom. The molecule has 0 saturated carbocycles. The summed E-state index contributed by atoms with van der Waals surface area (Å²) in [6, 6.07) is 0.866. The normalized spacial score (nSPS) is 29.5. The van der Waals surface area contributed by atoms with E-state index in [9.17, 15) is 0 Å². The van der Waals surface area contributed by atoms with E-state index in [1.165, 1.54) is 64.8 Å². The van der Waals surface area contributed by atoms with E-state index in [2.05, 4.69) is 29.2 Å². The van der Waals surface area contributed by atoms with Gasteiger partial charge in [0.15, 0.2) is 0 Å². The molecule has 100 valence electrons. The Kier molecular flexibility index (Phi) is 5.26. The summed E-state index contributed by atoms with van der Waals surface area (Å²) >= 11 is 0. The predicted molar refractivity (Wildman–Crippen MR) is 73.4 cm³/mol. The lowest BCUT2D eigenvalue weighted by Gasteiger charge is -2.38. The number of rotatable bonds is 3. The van der Waals surface area contributed by atoms with Crippen LogP contribution < -0.4 is 5.32 Å². The summed E-state index contributed by atoms with van der Waals surface area (Å²) in [5.74, 6) is 0.935. The van der Waals surface area contributed by atoms with Crippen molar-refractivity contribution in [2.45, 2.75) is 38.1 Å². The third kappa shape index (κ3) is 4.23. The molecule has 2 saturated heterocycles. The highest BCUT2D eigenvalue weighted by molar-refractivity contribution is 4.81. The summed E-state index contributed by atoms with van der Waals surface area (Å²) in [7, 11) is 4.40. The van der Waals surface area contributed by atoms with Crippen LogP contribution in [-0.4, -0.2) is 62.7 Å². The lowest BCUT2D eigenvalue weighted by atomic mass is 9.94. The lowest BCUT2D eigenvalue weighted by Crippen LogP contribution is -2.43. The molecular formula is C14H29N3. The molecule has 2 fully saturated rings. The molecule has 0 bridgehead atoms. The predicted octanol–water partition coefficient (Wildman–Crippen LogP) is 1.40. The molecule has 0 aromatic carbocycles. The van der Waals surface area contributed by atoms with Gasteiger partial charge < -0.3 is 15.1 Å². The molecule has 17 heavy (non-hydrogen) atoms. The van der Waals surface area contributed by atoms with Gasteiger partial charge in [-0.3, -0.25) is 0 Å². The van der Waals surface area contributed by atoms with Gasteiger partial charge in [0, 0.05) is 12.6 Å². The molecule has 0 spiro atoms. The van der Waals surface area contributed by atoms with Gasteiger partial charge in [0.1, 0.15) is 0 Å². The SMILES string of the molecule is CN(C)CC1CCN(C2CCCNCC2)CC1. The van der Waals surface area contributed by atoms with E-state index in [1.54, 1.807) is 0 Å². The molecule has 2 aliphatic heterocycles. The van der Waals surface area contributed by atoms with Crippen molar-refractivity contribution in [2.75, 3.05) is 46.8 Å². The Balaban J connectivity index is 1.73. The van der Waals surface area contributed by atoms with Gasteiger partial charge in [-0.2, -0.15) is 0 Å². The summed E-state index contributed by atoms with van der Waals surface area (Å²) in [4.78, 5) is 5.11. The van der Waals surface area contributed by atoms with Gasteiger partial charge in [-0.25, -0.2) is 0 Å². The van der Waals surface area contributed by atoms with E-state index in [0.29, 0.717) is 0 Å². The zero-order valence-corrected chi connectivity index (χ0v) is 11.6. The number of likely N-dealkylation sites (tertiary alicyclic amines) is 1. The number of piperidine rings is 1. The molecule has 0 radical (unpaired) electrons. The van der Waals surface area contributed by atoms with Gasteiger partial charge in [0.05, 0.1) is 0 Å². The third-order valence-corrected chi connectivity index (χ3v) is 4.33. The van der Waals surface area contributed by atoms with Crippen LogP contribution in [0.4, 0.5) is 0 Å². The minimum absolute atomic E-state index is 0.866. The van der Waals surface area contributed by atoms with Crippen LogP contribution in [0, 0.1) is 5.92 Å². The smallest absolute Gasteiger partial charge is 0.0108 e. The second-order valence-corrected chi connectivity index (χ2v) is 6.08. The van der Waals surface area contributed by atoms with E-state index < -0.39 is 0 Å². The fourth-order valence-electron chi connectivity index (χ4n) is 3.38. The van der Waals surface area contributed by atoms with Gasteiger partial charge in [-0.15, -0.1) is 0 Å². The van der Waals surface area contributed by atoms with Crippen molar-refractivity contribution in [3.63, 3.8) is 0 Å². The molecule has 2 rings (SSSR count). The van der Waals surface area contributed by atoms with Crippen LogP contribution in [0.15, 0.2) is 0 Å². The van der Waals surface area contributed by atoms with E-state index in [4.69, 9.17) is 0 Å². The first-order valence-corrected chi connectivity index (χ1v) is 7.35. The van der Waals surface area contributed by atoms with Crippen LogP contribution in [0.5, 0.6) is 0 Å². The average molecular weight is 239 g/mol. The van der Waals surface area contributed by atoms with E-state index >= 15 is 0 Å². The van der Waals surface area contributed by atoms with Crippen molar-refractivity contribution in [3.05, 3.63) is 0 Å². The van der Waals surface area contributed by atoms with Gasteiger partial charge in [0.25, 0.3) is 0 Å². The van der Waals surface area contributed by atoms with Crippen molar-refractivity contribution < 1.29 is 0 Å². The van der Waals surface area contributed by atoms with Gasteiger partial charge >= 0.3 is 0 Å². The van der Waals surface area contributed by atoms with Crippen LogP contribution in [0.3, 0.4) is 0 Å². The fraction of sp³-hybridized carbons (Fsp3) is 1.00. The highest BCUT2D eigenvalue weighted by atomic mass is 15.2. The monoisotopic (exact) mass is 239 g/mol. The zero-order chi connectivity index (χ0) is 12.1. The number of nitrogens with zero attached hydrogens (tertiary/aromatic N) is 2. The quantitative estimate of drug-likeness (QED) is 0.803. The maximum absolute atomic E-state index is 3.52. The summed E-state index contributed by atoms with van der Waals surface area (Å²) in [5, 5.41) is 3.52. The topological polar surface area (TPSA) is 18.5 Å². The van der Waals surface area contributed by atoms with Crippen LogP contribution in [0.1, 0.15) is 32.1 Å². The van der Waals surface area contributed by atoms with Crippen LogP contribution >= 0.6 is 0 Å². The van der Waals surface area contributed by atoms with Gasteiger partial charge in [-0.05, 0) is 78.3 Å². The zero-order valence-electron chi connectivity index (χ0n) is 11.6. The second kappa shape index (κ2) is 6.72. The lowest BCUT2D eigenvalue weighted by molar-refractivity contribution is 0.112. The van der Waals surface area contributed by atoms with E-state index in [-0.39, 0.29) is 0 Å². The number of hydrogen-bond donors (Lipinski definition) is 1. The number of nitrogens with one attached hydrogen (secondary N) is 1. The molecule has 2 aliphatic rings. The standard InChI is InChI=1S/C14H29N3/c1-16(2)12-13-6-10-17(11-7-13)14-4-3-8-15-9-5-14/h13-15H,3-12H2,1-2H3. The highest BCUT2D eigenvalue weighted by Gasteiger charge is 2.25. The van der Waals surface area contributed by atoms with Crippen molar-refractivity contribution >= 4 is 0 Å². The molecular weight excluding hydrogens is 210 g/mol. The molecule has 1 unspecified atom stereocenters. The molecule has 0 aromatic rings. The second-order valence-electron chi connectivity index (χ2n) is 6.08. The Bertz CT molecular complexity index is 202. The maximum Gasteiger partial charge on any atom is 0.0108 e. The van der Waals surface area contributed by atoms with Crippen molar-refractivity contribution in [3.8, 4) is 0 Å². The van der Waals surface area contributed by atoms with Gasteiger partial charge in [-0.1, -0.05) is 0 Å². The van der Waals surface area contributed by atoms with Crippen molar-refractivity contribution in [1.82, 2.24) is 15.1 Å². The molecule has 1 N–H and O–H groups in total. The molecule has 2 heterocycles. The third-order valence-electron chi connectivity index (χ3n) is 4.33.